The second-order valence-corrected chi connectivity index (χ2v) is 13.0. The van der Waals surface area contributed by atoms with Crippen molar-refractivity contribution in [2.75, 3.05) is 13.6 Å². The third kappa shape index (κ3) is 3.08. The quantitative estimate of drug-likeness (QED) is 0.645. The maximum Gasteiger partial charge on any atom is 0.0807 e. The average Bonchev–Trinajstić information content (AvgIpc) is 3.07. The Bertz CT molecular complexity index is 649. The molecule has 2 N–H and O–H groups in total. The highest BCUT2D eigenvalue weighted by Crippen LogP contribution is 2.68. The van der Waals surface area contributed by atoms with Gasteiger partial charge in [0.05, 0.1) is 11.7 Å². The average molecular weight is 418 g/mol. The van der Waals surface area contributed by atoms with Gasteiger partial charge in [-0.15, -0.1) is 0 Å². The maximum absolute atomic E-state index is 12.0. The number of aliphatic hydroxyl groups excluding tert-OH is 1. The van der Waals surface area contributed by atoms with Crippen molar-refractivity contribution >= 4 is 0 Å². The molecule has 5 fully saturated rings. The number of hydrogen-bond acceptors (Lipinski definition) is 3. The molecule has 3 nitrogen and oxygen atoms in total. The molecule has 1 heterocycles. The molecule has 0 bridgehead atoms. The van der Waals surface area contributed by atoms with Crippen LogP contribution < -0.4 is 0 Å². The third-order valence-corrected chi connectivity index (χ3v) is 11.8. The molecule has 10 atom stereocenters. The van der Waals surface area contributed by atoms with Gasteiger partial charge in [-0.25, -0.2) is 0 Å². The Morgan fingerprint density at radius 1 is 0.867 bits per heavy atom. The maximum atomic E-state index is 12.0. The van der Waals surface area contributed by atoms with Gasteiger partial charge in [0, 0.05) is 6.04 Å². The summed E-state index contributed by atoms with van der Waals surface area (Å²) in [5, 5.41) is 22.3. The predicted octanol–water partition coefficient (Wildman–Crippen LogP) is 5.24. The Kier molecular flexibility index (Phi) is 5.39. The van der Waals surface area contributed by atoms with Crippen molar-refractivity contribution in [2.45, 2.75) is 116 Å². The summed E-state index contributed by atoms with van der Waals surface area (Å²) >= 11 is 0. The highest BCUT2D eigenvalue weighted by molar-refractivity contribution is 5.13. The Hall–Kier alpha value is -0.120. The molecule has 4 aliphatic carbocycles. The smallest absolute Gasteiger partial charge is 0.0807 e. The summed E-state index contributed by atoms with van der Waals surface area (Å²) < 4.78 is 0. The van der Waals surface area contributed by atoms with Gasteiger partial charge in [0.25, 0.3) is 0 Å². The highest BCUT2D eigenvalue weighted by atomic mass is 16.3. The van der Waals surface area contributed by atoms with Gasteiger partial charge >= 0.3 is 0 Å². The number of aliphatic hydroxyl groups is 2. The predicted molar refractivity (Wildman–Crippen MR) is 122 cm³/mol. The van der Waals surface area contributed by atoms with Crippen LogP contribution in [0.5, 0.6) is 0 Å². The van der Waals surface area contributed by atoms with Gasteiger partial charge in [0.1, 0.15) is 0 Å². The highest BCUT2D eigenvalue weighted by Gasteiger charge is 2.63. The summed E-state index contributed by atoms with van der Waals surface area (Å²) in [6, 6.07) is 0.331. The number of piperidine rings is 1. The molecule has 0 radical (unpaired) electrons. The van der Waals surface area contributed by atoms with Crippen molar-refractivity contribution in [3.63, 3.8) is 0 Å². The minimum Gasteiger partial charge on any atom is -0.393 e. The van der Waals surface area contributed by atoms with E-state index in [1.54, 1.807) is 0 Å². The molecular formula is C27H47NO2. The number of rotatable bonds is 2. The molecule has 0 unspecified atom stereocenters. The van der Waals surface area contributed by atoms with E-state index in [1.807, 2.05) is 0 Å². The molecule has 0 amide bonds. The van der Waals surface area contributed by atoms with Crippen LogP contribution in [0, 0.1) is 40.4 Å². The zero-order valence-electron chi connectivity index (χ0n) is 20.1. The Morgan fingerprint density at radius 2 is 1.60 bits per heavy atom. The summed E-state index contributed by atoms with van der Waals surface area (Å²) in [6.07, 6.45) is 14.9. The first kappa shape index (κ1) is 21.7. The van der Waals surface area contributed by atoms with E-state index < -0.39 is 5.60 Å². The molecule has 4 saturated carbocycles. The molecule has 0 aromatic carbocycles. The number of fused-ring (bicyclic) bond motifs is 5. The normalized spacial score (nSPS) is 54.0. The van der Waals surface area contributed by atoms with Gasteiger partial charge in [0.2, 0.25) is 0 Å². The van der Waals surface area contributed by atoms with Crippen LogP contribution in [0.2, 0.25) is 0 Å². The van der Waals surface area contributed by atoms with Crippen molar-refractivity contribution in [2.24, 2.45) is 40.4 Å². The zero-order chi connectivity index (χ0) is 21.3. The van der Waals surface area contributed by atoms with Crippen molar-refractivity contribution in [3.05, 3.63) is 0 Å². The first-order chi connectivity index (χ1) is 14.2. The standard InChI is InChI=1S/C27H47NO2/c1-25-14-12-19(29)17-18(25)8-9-20-21-10-11-23(26(21,2)15-13-22(20)25)27(3,30)24-7-5-6-16-28(24)4/h18-24,29-30H,5-17H2,1-4H3/t18-,19-,20-,21-,22-,23-,24-,25-,26-,27+/m0/s1. The fourth-order valence-corrected chi connectivity index (χ4v) is 10.2. The van der Waals surface area contributed by atoms with Crippen LogP contribution in [0.15, 0.2) is 0 Å². The Balaban J connectivity index is 1.39. The fourth-order valence-electron chi connectivity index (χ4n) is 10.2. The number of nitrogens with zero attached hydrogens (tertiary/aromatic N) is 1. The van der Waals surface area contributed by atoms with E-state index in [2.05, 4.69) is 32.7 Å². The molecule has 172 valence electrons. The van der Waals surface area contributed by atoms with E-state index in [9.17, 15) is 10.2 Å². The van der Waals surface area contributed by atoms with E-state index in [0.29, 0.717) is 22.8 Å². The van der Waals surface area contributed by atoms with Crippen molar-refractivity contribution in [1.29, 1.82) is 0 Å². The number of hydrogen-bond donors (Lipinski definition) is 2. The van der Waals surface area contributed by atoms with Crippen LogP contribution in [-0.4, -0.2) is 46.5 Å². The molecule has 1 saturated heterocycles. The monoisotopic (exact) mass is 417 g/mol. The van der Waals surface area contributed by atoms with E-state index >= 15 is 0 Å². The number of likely N-dealkylation sites (tertiary alicyclic amines) is 1. The molecule has 0 aromatic heterocycles. The van der Waals surface area contributed by atoms with Gasteiger partial charge in [-0.05, 0) is 132 Å². The molecule has 5 aliphatic rings. The van der Waals surface area contributed by atoms with Crippen LogP contribution in [0.25, 0.3) is 0 Å². The van der Waals surface area contributed by atoms with Gasteiger partial charge in [-0.2, -0.15) is 0 Å². The molecule has 0 aromatic rings. The first-order valence-electron chi connectivity index (χ1n) is 13.3. The lowest BCUT2D eigenvalue weighted by Gasteiger charge is -2.62. The lowest BCUT2D eigenvalue weighted by molar-refractivity contribution is -0.158. The van der Waals surface area contributed by atoms with Gasteiger partial charge in [-0.1, -0.05) is 20.3 Å². The van der Waals surface area contributed by atoms with Crippen molar-refractivity contribution in [3.8, 4) is 0 Å². The zero-order valence-corrected chi connectivity index (χ0v) is 20.1. The summed E-state index contributed by atoms with van der Waals surface area (Å²) in [4.78, 5) is 2.46. The Labute approximate surface area is 185 Å². The molecule has 1 aliphatic heterocycles. The largest absolute Gasteiger partial charge is 0.393 e. The van der Waals surface area contributed by atoms with Crippen LogP contribution in [0.4, 0.5) is 0 Å². The third-order valence-electron chi connectivity index (χ3n) is 11.8. The van der Waals surface area contributed by atoms with Gasteiger partial charge < -0.3 is 15.1 Å². The van der Waals surface area contributed by atoms with Crippen LogP contribution in [-0.2, 0) is 0 Å². The van der Waals surface area contributed by atoms with E-state index in [-0.39, 0.29) is 6.10 Å². The minimum atomic E-state index is -0.568. The molecular weight excluding hydrogens is 370 g/mol. The Morgan fingerprint density at radius 3 is 2.37 bits per heavy atom. The first-order valence-corrected chi connectivity index (χ1v) is 13.3. The molecule has 3 heteroatoms. The van der Waals surface area contributed by atoms with E-state index in [4.69, 9.17) is 0 Å². The molecule has 5 rings (SSSR count). The number of likely N-dealkylation sites (N-methyl/N-ethyl adjacent to an activating group) is 1. The second-order valence-electron chi connectivity index (χ2n) is 13.0. The van der Waals surface area contributed by atoms with E-state index in [0.717, 1.165) is 49.5 Å². The summed E-state index contributed by atoms with van der Waals surface area (Å²) in [5.41, 5.74) is 0.190. The SMILES string of the molecule is CN1CCCC[C@H]1[C@](C)(O)[C@H]1CC[C@H]2[C@@H]3CC[C@H]4C[C@@H](O)CC[C@]4(C)[C@H]3CC[C@]12C. The summed E-state index contributed by atoms with van der Waals surface area (Å²) in [6.45, 7) is 8.50. The lowest BCUT2D eigenvalue weighted by atomic mass is 9.44. The van der Waals surface area contributed by atoms with Crippen LogP contribution >= 0.6 is 0 Å². The summed E-state index contributed by atoms with van der Waals surface area (Å²) in [7, 11) is 2.24. The second kappa shape index (κ2) is 7.45. The molecule has 30 heavy (non-hydrogen) atoms. The van der Waals surface area contributed by atoms with Crippen molar-refractivity contribution < 1.29 is 10.2 Å². The minimum absolute atomic E-state index is 0.0491. The van der Waals surface area contributed by atoms with Gasteiger partial charge in [-0.3, -0.25) is 0 Å². The van der Waals surface area contributed by atoms with E-state index in [1.165, 1.54) is 57.8 Å². The van der Waals surface area contributed by atoms with Gasteiger partial charge in [0.15, 0.2) is 0 Å². The van der Waals surface area contributed by atoms with Crippen LogP contribution in [0.3, 0.4) is 0 Å². The molecule has 0 spiro atoms. The lowest BCUT2D eigenvalue weighted by Crippen LogP contribution is -2.60. The topological polar surface area (TPSA) is 43.7 Å². The van der Waals surface area contributed by atoms with Crippen molar-refractivity contribution in [1.82, 2.24) is 4.90 Å². The fraction of sp³-hybridized carbons (Fsp3) is 1.00. The van der Waals surface area contributed by atoms with Crippen LogP contribution in [0.1, 0.15) is 97.8 Å². The summed E-state index contributed by atoms with van der Waals surface area (Å²) in [5.74, 6) is 3.68.